The first kappa shape index (κ1) is 30.2. The van der Waals surface area contributed by atoms with Crippen LogP contribution in [0.4, 0.5) is 17.1 Å². The normalized spacial score (nSPS) is 12.8. The molecule has 256 valence electrons. The van der Waals surface area contributed by atoms with Gasteiger partial charge in [0, 0.05) is 44.8 Å². The van der Waals surface area contributed by atoms with Gasteiger partial charge in [-0.2, -0.15) is 4.98 Å². The highest BCUT2D eigenvalue weighted by atomic mass is 16.5. The maximum Gasteiger partial charge on any atom is 0.341 e. The van der Waals surface area contributed by atoms with Crippen LogP contribution in [0, 0.1) is 0 Å². The Hall–Kier alpha value is -7.31. The van der Waals surface area contributed by atoms with Gasteiger partial charge in [0.25, 0.3) is 6.01 Å². The summed E-state index contributed by atoms with van der Waals surface area (Å²) >= 11 is 0. The van der Waals surface area contributed by atoms with Crippen molar-refractivity contribution in [2.45, 2.75) is 0 Å². The van der Waals surface area contributed by atoms with E-state index in [1.807, 2.05) is 6.07 Å². The van der Waals surface area contributed by atoms with Crippen LogP contribution in [0.1, 0.15) is 0 Å². The fourth-order valence-corrected chi connectivity index (χ4v) is 9.12. The molecule has 0 N–H and O–H groups in total. The molecule has 2 aromatic heterocycles. The van der Waals surface area contributed by atoms with E-state index in [1.54, 1.807) is 0 Å². The number of anilines is 3. The molecule has 2 aliphatic rings. The minimum Gasteiger partial charge on any atom is -0.427 e. The molecule has 10 aromatic rings. The molecule has 5 nitrogen and oxygen atoms in total. The third-order valence-corrected chi connectivity index (χ3v) is 11.4. The maximum absolute atomic E-state index is 7.01. The highest BCUT2D eigenvalue weighted by Gasteiger charge is 2.45. The summed E-state index contributed by atoms with van der Waals surface area (Å²) in [5.74, 6) is 0.806. The van der Waals surface area contributed by atoms with Crippen molar-refractivity contribution in [2.24, 2.45) is 0 Å². The van der Waals surface area contributed by atoms with E-state index in [0.717, 1.165) is 78.3 Å². The molecular weight excluding hydrogens is 671 g/mol. The average Bonchev–Trinajstić information content (AvgIpc) is 3.79. The van der Waals surface area contributed by atoms with Crippen molar-refractivity contribution >= 4 is 67.7 Å². The number of hydrogen-bond donors (Lipinski definition) is 0. The highest BCUT2D eigenvalue weighted by molar-refractivity contribution is 6.88. The number of imidazole rings is 1. The summed E-state index contributed by atoms with van der Waals surface area (Å²) < 4.78 is 11.7. The van der Waals surface area contributed by atoms with Gasteiger partial charge >= 0.3 is 6.85 Å². The number of benzene rings is 8. The monoisotopic (exact) mass is 702 g/mol. The minimum atomic E-state index is -0.162. The zero-order chi connectivity index (χ0) is 36.0. The van der Waals surface area contributed by atoms with Crippen LogP contribution in [0.2, 0.25) is 0 Å². The molecule has 8 aromatic carbocycles. The lowest BCUT2D eigenvalue weighted by Gasteiger charge is -2.41. The Morgan fingerprint density at radius 2 is 1.07 bits per heavy atom. The topological polar surface area (TPSA) is 35.2 Å². The van der Waals surface area contributed by atoms with E-state index in [4.69, 9.17) is 9.72 Å². The van der Waals surface area contributed by atoms with Gasteiger partial charge in [0.2, 0.25) is 0 Å². The van der Waals surface area contributed by atoms with E-state index in [2.05, 4.69) is 196 Å². The molecule has 0 spiro atoms. The summed E-state index contributed by atoms with van der Waals surface area (Å²) in [6.07, 6.45) is 0. The zero-order valence-corrected chi connectivity index (χ0v) is 29.7. The summed E-state index contributed by atoms with van der Waals surface area (Å²) in [5, 5.41) is 2.43. The van der Waals surface area contributed by atoms with Crippen molar-refractivity contribution in [2.75, 3.05) is 4.90 Å². The zero-order valence-electron chi connectivity index (χ0n) is 29.7. The molecule has 0 amide bonds. The van der Waals surface area contributed by atoms with Gasteiger partial charge in [-0.15, -0.1) is 0 Å². The smallest absolute Gasteiger partial charge is 0.341 e. The molecular formula is C49H31BN4O. The van der Waals surface area contributed by atoms with E-state index in [-0.39, 0.29) is 6.85 Å². The first-order valence-electron chi connectivity index (χ1n) is 18.8. The number of aromatic nitrogens is 3. The molecule has 2 aliphatic heterocycles. The van der Waals surface area contributed by atoms with E-state index in [1.165, 1.54) is 16.2 Å². The number of rotatable bonds is 4. The lowest BCUT2D eigenvalue weighted by atomic mass is 9.47. The molecule has 0 unspecified atom stereocenters. The van der Waals surface area contributed by atoms with Crippen LogP contribution < -0.4 is 20.6 Å². The first-order chi connectivity index (χ1) is 27.3. The van der Waals surface area contributed by atoms with Gasteiger partial charge in [-0.05, 0) is 53.0 Å². The molecule has 12 rings (SSSR count). The Balaban J connectivity index is 1.24. The van der Waals surface area contributed by atoms with Gasteiger partial charge in [-0.25, -0.2) is 0 Å². The predicted molar refractivity (Wildman–Crippen MR) is 227 cm³/mol. The SMILES string of the molecule is c1ccc(-c2cccc(-c3ccccc3)c2N2c3ccccc3B3c4c(cc(-n5c6ccccc6c6ccccc65)cc42)Oc2nc4ccccc4n23)cc1. The third kappa shape index (κ3) is 4.33. The standard InChI is InChI=1S/C49H31BN4O/c1-3-16-32(17-4-1)35-22-15-23-36(33-18-5-2-6-19-33)48(35)53-43-28-13-9-24-39(43)50-47-45(53)30-34(31-46(47)55-49-51-40-25-10-14-29-44(40)54(49)50)52-41-26-11-7-20-37(41)38-21-8-12-27-42(38)52/h1-31H. The van der Waals surface area contributed by atoms with Crippen LogP contribution in [0.5, 0.6) is 11.8 Å². The van der Waals surface area contributed by atoms with Gasteiger partial charge in [0.1, 0.15) is 5.75 Å². The Kier molecular flexibility index (Phi) is 6.36. The van der Waals surface area contributed by atoms with Crippen molar-refractivity contribution in [3.05, 3.63) is 188 Å². The molecule has 4 heterocycles. The van der Waals surface area contributed by atoms with Crippen molar-refractivity contribution < 1.29 is 4.74 Å². The third-order valence-electron chi connectivity index (χ3n) is 11.4. The van der Waals surface area contributed by atoms with Crippen LogP contribution in [0.3, 0.4) is 0 Å². The number of hydrogen-bond acceptors (Lipinski definition) is 3. The molecule has 0 atom stereocenters. The summed E-state index contributed by atoms with van der Waals surface area (Å²) in [6.45, 7) is -0.162. The summed E-state index contributed by atoms with van der Waals surface area (Å²) in [7, 11) is 0. The number of nitrogens with zero attached hydrogens (tertiary/aromatic N) is 4. The van der Waals surface area contributed by atoms with Crippen molar-refractivity contribution in [1.29, 1.82) is 0 Å². The Morgan fingerprint density at radius 1 is 0.491 bits per heavy atom. The van der Waals surface area contributed by atoms with E-state index < -0.39 is 0 Å². The minimum absolute atomic E-state index is 0.162. The molecule has 0 radical (unpaired) electrons. The molecule has 0 aliphatic carbocycles. The summed E-state index contributed by atoms with van der Waals surface area (Å²) in [4.78, 5) is 7.57. The van der Waals surface area contributed by atoms with E-state index in [0.29, 0.717) is 6.01 Å². The summed E-state index contributed by atoms with van der Waals surface area (Å²) in [5.41, 5.74) is 15.5. The molecule has 0 saturated carbocycles. The second kappa shape index (κ2) is 11.6. The van der Waals surface area contributed by atoms with Crippen LogP contribution >= 0.6 is 0 Å². The average molecular weight is 703 g/mol. The highest BCUT2D eigenvalue weighted by Crippen LogP contribution is 2.50. The molecule has 6 heteroatoms. The van der Waals surface area contributed by atoms with Gasteiger partial charge in [0.05, 0.1) is 33.4 Å². The number of ether oxygens (including phenoxy) is 1. The fourth-order valence-electron chi connectivity index (χ4n) is 9.12. The summed E-state index contributed by atoms with van der Waals surface area (Å²) in [6, 6.07) is 68.0. The molecule has 0 fully saturated rings. The quantitative estimate of drug-likeness (QED) is 0.171. The Morgan fingerprint density at radius 3 is 1.76 bits per heavy atom. The van der Waals surface area contributed by atoms with Gasteiger partial charge < -0.3 is 18.7 Å². The maximum atomic E-state index is 7.01. The molecule has 0 bridgehead atoms. The second-order valence-electron chi connectivity index (χ2n) is 14.3. The van der Waals surface area contributed by atoms with Crippen LogP contribution in [0.25, 0.3) is 60.8 Å². The van der Waals surface area contributed by atoms with E-state index in [9.17, 15) is 0 Å². The van der Waals surface area contributed by atoms with Crippen molar-refractivity contribution in [3.8, 4) is 39.7 Å². The largest absolute Gasteiger partial charge is 0.427 e. The van der Waals surface area contributed by atoms with Crippen LogP contribution in [0.15, 0.2) is 188 Å². The van der Waals surface area contributed by atoms with Crippen molar-refractivity contribution in [1.82, 2.24) is 14.0 Å². The van der Waals surface area contributed by atoms with Gasteiger partial charge in [-0.3, -0.25) is 0 Å². The van der Waals surface area contributed by atoms with Gasteiger partial charge in [-0.1, -0.05) is 146 Å². The Bertz CT molecular complexity index is 3040. The number of fused-ring (bicyclic) bond motifs is 9. The molecule has 55 heavy (non-hydrogen) atoms. The predicted octanol–water partition coefficient (Wildman–Crippen LogP) is 11.0. The lowest BCUT2D eigenvalue weighted by molar-refractivity contribution is 0.439. The van der Waals surface area contributed by atoms with Gasteiger partial charge in [0.15, 0.2) is 0 Å². The van der Waals surface area contributed by atoms with Crippen molar-refractivity contribution in [3.63, 3.8) is 0 Å². The lowest BCUT2D eigenvalue weighted by Crippen LogP contribution is -2.56. The van der Waals surface area contributed by atoms with E-state index >= 15 is 0 Å². The van der Waals surface area contributed by atoms with Crippen LogP contribution in [-0.2, 0) is 0 Å². The number of para-hydroxylation sites is 6. The second-order valence-corrected chi connectivity index (χ2v) is 14.3. The van der Waals surface area contributed by atoms with Crippen LogP contribution in [-0.4, -0.2) is 20.9 Å². The fraction of sp³-hybridized carbons (Fsp3) is 0. The molecule has 0 saturated heterocycles. The first-order valence-corrected chi connectivity index (χ1v) is 18.8. The Labute approximate surface area is 318 Å².